The van der Waals surface area contributed by atoms with Crippen molar-refractivity contribution in [2.45, 2.75) is 13.3 Å². The Bertz CT molecular complexity index is 736. The molecule has 3 nitrogen and oxygen atoms in total. The second-order valence-corrected chi connectivity index (χ2v) is 4.78. The smallest absolute Gasteiger partial charge is 0.148 e. The molecule has 0 atom stereocenters. The Morgan fingerprint density at radius 3 is 2.55 bits per heavy atom. The first kappa shape index (κ1) is 12.6. The Kier molecular flexibility index (Phi) is 3.35. The van der Waals surface area contributed by atoms with Gasteiger partial charge in [-0.1, -0.05) is 43.3 Å². The summed E-state index contributed by atoms with van der Waals surface area (Å²) in [6.45, 7) is 2.16. The molecule has 0 saturated carbocycles. The number of hydrogen-bond donors (Lipinski definition) is 2. The number of nitrogen functional groups attached to an aromatic ring is 1. The molecule has 1 aromatic heterocycles. The first-order valence-corrected chi connectivity index (χ1v) is 6.77. The number of aromatic nitrogens is 1. The molecule has 0 unspecified atom stereocenters. The summed E-state index contributed by atoms with van der Waals surface area (Å²) in [5.74, 6) is 6.32. The Balaban J connectivity index is 2.24. The lowest BCUT2D eigenvalue weighted by atomic mass is 10.0. The van der Waals surface area contributed by atoms with E-state index >= 15 is 0 Å². The summed E-state index contributed by atoms with van der Waals surface area (Å²) in [7, 11) is 0. The number of pyridine rings is 1. The zero-order valence-electron chi connectivity index (χ0n) is 11.4. The van der Waals surface area contributed by atoms with Crippen LogP contribution in [-0.4, -0.2) is 4.98 Å². The van der Waals surface area contributed by atoms with Crippen LogP contribution in [-0.2, 0) is 6.42 Å². The summed E-state index contributed by atoms with van der Waals surface area (Å²) in [5, 5.41) is 1.14. The standard InChI is InChI=1S/C17H17N3/c1-2-12-8-9-16-14(10-12)11-15(17(19-16)20-18)13-6-4-3-5-7-13/h3-11H,2,18H2,1H3,(H,19,20). The maximum absolute atomic E-state index is 5.62. The van der Waals surface area contributed by atoms with Gasteiger partial charge in [0.15, 0.2) is 0 Å². The molecule has 0 spiro atoms. The highest BCUT2D eigenvalue weighted by Gasteiger charge is 2.08. The minimum atomic E-state index is 0.702. The van der Waals surface area contributed by atoms with Crippen molar-refractivity contribution in [2.24, 2.45) is 5.84 Å². The molecule has 0 amide bonds. The molecule has 3 heteroatoms. The molecule has 3 rings (SSSR count). The van der Waals surface area contributed by atoms with Crippen LogP contribution in [0.25, 0.3) is 22.0 Å². The van der Waals surface area contributed by atoms with Crippen LogP contribution in [0.2, 0.25) is 0 Å². The molecule has 0 saturated heterocycles. The van der Waals surface area contributed by atoms with E-state index in [-0.39, 0.29) is 0 Å². The highest BCUT2D eigenvalue weighted by atomic mass is 15.2. The minimum absolute atomic E-state index is 0.702. The molecule has 0 aliphatic heterocycles. The van der Waals surface area contributed by atoms with Gasteiger partial charge < -0.3 is 5.43 Å². The van der Waals surface area contributed by atoms with Crippen molar-refractivity contribution >= 4 is 16.7 Å². The fraction of sp³-hybridized carbons (Fsp3) is 0.118. The van der Waals surface area contributed by atoms with E-state index in [4.69, 9.17) is 5.84 Å². The number of rotatable bonds is 3. The molecule has 0 bridgehead atoms. The van der Waals surface area contributed by atoms with Crippen LogP contribution < -0.4 is 11.3 Å². The van der Waals surface area contributed by atoms with E-state index in [1.165, 1.54) is 5.56 Å². The van der Waals surface area contributed by atoms with E-state index in [0.29, 0.717) is 5.82 Å². The van der Waals surface area contributed by atoms with Crippen molar-refractivity contribution in [3.63, 3.8) is 0 Å². The first-order valence-electron chi connectivity index (χ1n) is 6.77. The van der Waals surface area contributed by atoms with Gasteiger partial charge in [0, 0.05) is 10.9 Å². The number of hydrogen-bond acceptors (Lipinski definition) is 3. The van der Waals surface area contributed by atoms with Gasteiger partial charge >= 0.3 is 0 Å². The number of anilines is 1. The Hall–Kier alpha value is -2.39. The molecule has 2 aromatic carbocycles. The van der Waals surface area contributed by atoms with Gasteiger partial charge in [-0.2, -0.15) is 0 Å². The quantitative estimate of drug-likeness (QED) is 0.559. The number of fused-ring (bicyclic) bond motifs is 1. The van der Waals surface area contributed by atoms with Gasteiger partial charge in [0.2, 0.25) is 0 Å². The molecule has 20 heavy (non-hydrogen) atoms. The summed E-state index contributed by atoms with van der Waals surface area (Å²) in [6.07, 6.45) is 1.02. The van der Waals surface area contributed by atoms with Crippen LogP contribution in [0.4, 0.5) is 5.82 Å². The van der Waals surface area contributed by atoms with Gasteiger partial charge in [-0.15, -0.1) is 0 Å². The van der Waals surface area contributed by atoms with Gasteiger partial charge in [-0.05, 0) is 35.7 Å². The summed E-state index contributed by atoms with van der Waals surface area (Å²) < 4.78 is 0. The Morgan fingerprint density at radius 1 is 1.05 bits per heavy atom. The maximum atomic E-state index is 5.62. The summed E-state index contributed by atoms with van der Waals surface area (Å²) in [5.41, 5.74) is 7.10. The van der Waals surface area contributed by atoms with E-state index in [2.05, 4.69) is 47.7 Å². The van der Waals surface area contributed by atoms with Crippen molar-refractivity contribution in [3.8, 4) is 11.1 Å². The van der Waals surface area contributed by atoms with Gasteiger partial charge in [0.1, 0.15) is 5.82 Å². The third-order valence-electron chi connectivity index (χ3n) is 3.51. The van der Waals surface area contributed by atoms with Crippen LogP contribution in [0.3, 0.4) is 0 Å². The van der Waals surface area contributed by atoms with Gasteiger partial charge in [-0.25, -0.2) is 10.8 Å². The predicted octanol–water partition coefficient (Wildman–Crippen LogP) is 3.75. The Morgan fingerprint density at radius 2 is 1.85 bits per heavy atom. The Labute approximate surface area is 118 Å². The zero-order valence-corrected chi connectivity index (χ0v) is 11.4. The number of nitrogens with two attached hydrogens (primary N) is 1. The lowest BCUT2D eigenvalue weighted by Gasteiger charge is -2.11. The number of nitrogens with zero attached hydrogens (tertiary/aromatic N) is 1. The topological polar surface area (TPSA) is 50.9 Å². The fourth-order valence-corrected chi connectivity index (χ4v) is 2.39. The van der Waals surface area contributed by atoms with Gasteiger partial charge in [-0.3, -0.25) is 0 Å². The molecule has 0 fully saturated rings. The number of benzene rings is 2. The van der Waals surface area contributed by atoms with Crippen molar-refractivity contribution in [1.29, 1.82) is 0 Å². The molecule has 3 N–H and O–H groups in total. The van der Waals surface area contributed by atoms with Crippen LogP contribution in [0.1, 0.15) is 12.5 Å². The second-order valence-electron chi connectivity index (χ2n) is 4.78. The van der Waals surface area contributed by atoms with Gasteiger partial charge in [0.25, 0.3) is 0 Å². The molecular weight excluding hydrogens is 246 g/mol. The van der Waals surface area contributed by atoms with Crippen molar-refractivity contribution in [1.82, 2.24) is 4.98 Å². The molecular formula is C17H17N3. The lowest BCUT2D eigenvalue weighted by Crippen LogP contribution is -2.10. The number of hydrazine groups is 1. The van der Waals surface area contributed by atoms with Crippen LogP contribution in [0.5, 0.6) is 0 Å². The molecule has 0 radical (unpaired) electrons. The normalized spacial score (nSPS) is 10.7. The van der Waals surface area contributed by atoms with E-state index < -0.39 is 0 Å². The van der Waals surface area contributed by atoms with Crippen LogP contribution in [0.15, 0.2) is 54.6 Å². The van der Waals surface area contributed by atoms with Crippen LogP contribution in [0, 0.1) is 0 Å². The second kappa shape index (κ2) is 5.31. The molecule has 100 valence electrons. The number of nitrogens with one attached hydrogen (secondary N) is 1. The van der Waals surface area contributed by atoms with E-state index in [9.17, 15) is 0 Å². The highest BCUT2D eigenvalue weighted by Crippen LogP contribution is 2.29. The first-order chi connectivity index (χ1) is 9.81. The van der Waals surface area contributed by atoms with Crippen molar-refractivity contribution < 1.29 is 0 Å². The summed E-state index contributed by atoms with van der Waals surface area (Å²) in [6, 6.07) is 18.6. The van der Waals surface area contributed by atoms with Crippen LogP contribution >= 0.6 is 0 Å². The SMILES string of the molecule is CCc1ccc2nc(NN)c(-c3ccccc3)cc2c1. The van der Waals surface area contributed by atoms with E-state index in [0.717, 1.165) is 28.5 Å². The largest absolute Gasteiger partial charge is 0.308 e. The predicted molar refractivity (Wildman–Crippen MR) is 84.4 cm³/mol. The highest BCUT2D eigenvalue weighted by molar-refractivity contribution is 5.89. The van der Waals surface area contributed by atoms with Crippen molar-refractivity contribution in [3.05, 3.63) is 60.2 Å². The zero-order chi connectivity index (χ0) is 13.9. The fourth-order valence-electron chi connectivity index (χ4n) is 2.39. The minimum Gasteiger partial charge on any atom is -0.308 e. The third kappa shape index (κ3) is 2.24. The summed E-state index contributed by atoms with van der Waals surface area (Å²) >= 11 is 0. The van der Waals surface area contributed by atoms with Gasteiger partial charge in [0.05, 0.1) is 5.52 Å². The third-order valence-corrected chi connectivity index (χ3v) is 3.51. The summed E-state index contributed by atoms with van der Waals surface area (Å²) in [4.78, 5) is 4.61. The maximum Gasteiger partial charge on any atom is 0.148 e. The molecule has 0 aliphatic rings. The molecule has 1 heterocycles. The molecule has 0 aliphatic carbocycles. The monoisotopic (exact) mass is 263 g/mol. The van der Waals surface area contributed by atoms with E-state index in [1.807, 2.05) is 24.3 Å². The average molecular weight is 263 g/mol. The average Bonchev–Trinajstić information content (AvgIpc) is 2.53. The number of aryl methyl sites for hydroxylation is 1. The van der Waals surface area contributed by atoms with E-state index in [1.54, 1.807) is 0 Å². The molecule has 3 aromatic rings. The lowest BCUT2D eigenvalue weighted by molar-refractivity contribution is 1.14. The van der Waals surface area contributed by atoms with Crippen molar-refractivity contribution in [2.75, 3.05) is 5.43 Å².